The Morgan fingerprint density at radius 1 is 1.23 bits per heavy atom. The number of halogens is 2. The van der Waals surface area contributed by atoms with Crippen LogP contribution in [-0.4, -0.2) is 55.2 Å². The Balaban J connectivity index is 1.56. The number of aryl methyl sites for hydroxylation is 1. The molecule has 1 aliphatic rings. The molecule has 3 heterocycles. The van der Waals surface area contributed by atoms with E-state index in [0.717, 1.165) is 17.9 Å². The van der Waals surface area contributed by atoms with Crippen molar-refractivity contribution in [2.45, 2.75) is 38.8 Å². The van der Waals surface area contributed by atoms with Crippen LogP contribution < -0.4 is 0 Å². The Labute approximate surface area is 127 Å². The van der Waals surface area contributed by atoms with E-state index < -0.39 is 5.92 Å². The summed E-state index contributed by atoms with van der Waals surface area (Å²) in [5.41, 5.74) is 1.72. The zero-order chi connectivity index (χ0) is 15.6. The lowest BCUT2D eigenvalue weighted by Crippen LogP contribution is -2.40. The van der Waals surface area contributed by atoms with Gasteiger partial charge < -0.3 is 4.90 Å². The monoisotopic (exact) mass is 310 g/mol. The second-order valence-electron chi connectivity index (χ2n) is 5.60. The molecule has 120 valence electrons. The van der Waals surface area contributed by atoms with E-state index in [-0.39, 0.29) is 12.8 Å². The molecule has 0 N–H and O–H groups in total. The fourth-order valence-electron chi connectivity index (χ4n) is 2.67. The molecule has 1 fully saturated rings. The zero-order valence-corrected chi connectivity index (χ0v) is 12.6. The van der Waals surface area contributed by atoms with Crippen molar-refractivity contribution in [3.8, 4) is 11.4 Å². The average molecular weight is 310 g/mol. The third-order valence-corrected chi connectivity index (χ3v) is 4.05. The summed E-state index contributed by atoms with van der Waals surface area (Å²) in [6, 6.07) is 1.91. The molecule has 22 heavy (non-hydrogen) atoms. The van der Waals surface area contributed by atoms with Gasteiger partial charge in [0.1, 0.15) is 5.69 Å². The second-order valence-corrected chi connectivity index (χ2v) is 5.60. The van der Waals surface area contributed by atoms with Crippen molar-refractivity contribution in [3.63, 3.8) is 0 Å². The van der Waals surface area contributed by atoms with Gasteiger partial charge in [0, 0.05) is 45.2 Å². The summed E-state index contributed by atoms with van der Waals surface area (Å²) >= 11 is 0. The van der Waals surface area contributed by atoms with Crippen LogP contribution >= 0.6 is 0 Å². The molecule has 0 saturated carbocycles. The fraction of sp³-hybridized carbons (Fsp3) is 0.643. The van der Waals surface area contributed by atoms with Crippen LogP contribution in [0.3, 0.4) is 0 Å². The van der Waals surface area contributed by atoms with Gasteiger partial charge in [0.05, 0.1) is 18.4 Å². The first-order valence-electron chi connectivity index (χ1n) is 7.60. The fourth-order valence-corrected chi connectivity index (χ4v) is 2.67. The number of aromatic nitrogens is 5. The van der Waals surface area contributed by atoms with Gasteiger partial charge >= 0.3 is 0 Å². The smallest absolute Gasteiger partial charge is 0.250 e. The van der Waals surface area contributed by atoms with Gasteiger partial charge in [-0.15, -0.1) is 5.10 Å². The van der Waals surface area contributed by atoms with E-state index in [0.29, 0.717) is 26.2 Å². The van der Waals surface area contributed by atoms with E-state index in [4.69, 9.17) is 0 Å². The van der Waals surface area contributed by atoms with Crippen molar-refractivity contribution < 1.29 is 8.78 Å². The number of likely N-dealkylation sites (tertiary alicyclic amines) is 1. The Morgan fingerprint density at radius 3 is 2.73 bits per heavy atom. The minimum absolute atomic E-state index is 0.0503. The lowest BCUT2D eigenvalue weighted by Gasteiger charge is -2.31. The van der Waals surface area contributed by atoms with Crippen LogP contribution in [0.25, 0.3) is 11.4 Å². The normalized spacial score (nSPS) is 18.7. The van der Waals surface area contributed by atoms with E-state index in [1.54, 1.807) is 10.9 Å². The number of nitrogens with zero attached hydrogens (tertiary/aromatic N) is 6. The molecule has 3 rings (SSSR count). The average Bonchev–Trinajstić information content (AvgIpc) is 3.14. The summed E-state index contributed by atoms with van der Waals surface area (Å²) in [6.45, 7) is 5.04. The van der Waals surface area contributed by atoms with Gasteiger partial charge in [-0.1, -0.05) is 5.21 Å². The summed E-state index contributed by atoms with van der Waals surface area (Å²) in [6.07, 6.45) is 3.52. The molecule has 6 nitrogen and oxygen atoms in total. The predicted octanol–water partition coefficient (Wildman–Crippen LogP) is 1.89. The van der Waals surface area contributed by atoms with Crippen LogP contribution in [0, 0.1) is 0 Å². The number of hydrogen-bond donors (Lipinski definition) is 0. The third-order valence-electron chi connectivity index (χ3n) is 4.05. The quantitative estimate of drug-likeness (QED) is 0.846. The van der Waals surface area contributed by atoms with E-state index in [2.05, 4.69) is 20.3 Å². The number of hydrogen-bond acceptors (Lipinski definition) is 4. The molecule has 0 aliphatic carbocycles. The van der Waals surface area contributed by atoms with Crippen molar-refractivity contribution in [3.05, 3.63) is 18.5 Å². The highest BCUT2D eigenvalue weighted by molar-refractivity contribution is 5.51. The van der Waals surface area contributed by atoms with Crippen molar-refractivity contribution in [1.29, 1.82) is 0 Å². The van der Waals surface area contributed by atoms with Crippen LogP contribution in [0.1, 0.15) is 19.8 Å². The molecule has 2 aromatic heterocycles. The van der Waals surface area contributed by atoms with Crippen molar-refractivity contribution in [2.75, 3.05) is 19.6 Å². The molecule has 2 aromatic rings. The number of rotatable bonds is 5. The standard InChI is InChI=1S/C14H20F2N6/c1-2-22-13(3-6-17-22)12-11-21(19-18-12)10-9-20-7-4-14(15,16)5-8-20/h3,6,11H,2,4-5,7-10H2,1H3. The molecule has 0 aromatic carbocycles. The molecule has 1 saturated heterocycles. The first-order valence-corrected chi connectivity index (χ1v) is 7.60. The van der Waals surface area contributed by atoms with Crippen LogP contribution in [0.4, 0.5) is 8.78 Å². The van der Waals surface area contributed by atoms with Crippen LogP contribution in [0.15, 0.2) is 18.5 Å². The number of piperidine rings is 1. The molecular weight excluding hydrogens is 290 g/mol. The second kappa shape index (κ2) is 6.12. The first kappa shape index (κ1) is 15.1. The topological polar surface area (TPSA) is 51.8 Å². The zero-order valence-electron chi connectivity index (χ0n) is 12.6. The highest BCUT2D eigenvalue weighted by Crippen LogP contribution is 2.27. The predicted molar refractivity (Wildman–Crippen MR) is 77.5 cm³/mol. The minimum Gasteiger partial charge on any atom is -0.301 e. The molecule has 0 bridgehead atoms. The van der Waals surface area contributed by atoms with E-state index >= 15 is 0 Å². The first-order chi connectivity index (χ1) is 10.6. The molecule has 0 spiro atoms. The van der Waals surface area contributed by atoms with Crippen molar-refractivity contribution in [1.82, 2.24) is 29.7 Å². The largest absolute Gasteiger partial charge is 0.301 e. The van der Waals surface area contributed by atoms with E-state index in [1.807, 2.05) is 23.9 Å². The van der Waals surface area contributed by atoms with Crippen molar-refractivity contribution >= 4 is 0 Å². The highest BCUT2D eigenvalue weighted by Gasteiger charge is 2.33. The minimum atomic E-state index is -2.49. The van der Waals surface area contributed by atoms with Gasteiger partial charge in [-0.05, 0) is 13.0 Å². The molecule has 0 amide bonds. The Morgan fingerprint density at radius 2 is 2.00 bits per heavy atom. The van der Waals surface area contributed by atoms with E-state index in [9.17, 15) is 8.78 Å². The highest BCUT2D eigenvalue weighted by atomic mass is 19.3. The summed E-state index contributed by atoms with van der Waals surface area (Å²) in [4.78, 5) is 2.05. The van der Waals surface area contributed by atoms with Gasteiger partial charge in [0.15, 0.2) is 0 Å². The molecular formula is C14H20F2N6. The van der Waals surface area contributed by atoms with Gasteiger partial charge in [-0.3, -0.25) is 9.36 Å². The lowest BCUT2D eigenvalue weighted by molar-refractivity contribution is -0.0555. The van der Waals surface area contributed by atoms with Crippen LogP contribution in [0.2, 0.25) is 0 Å². The summed E-state index contributed by atoms with van der Waals surface area (Å²) in [5.74, 6) is -2.49. The number of alkyl halides is 2. The van der Waals surface area contributed by atoms with Gasteiger partial charge in [0.2, 0.25) is 0 Å². The van der Waals surface area contributed by atoms with Crippen molar-refractivity contribution in [2.24, 2.45) is 0 Å². The van der Waals surface area contributed by atoms with Gasteiger partial charge in [-0.25, -0.2) is 8.78 Å². The Hall–Kier alpha value is -1.83. The van der Waals surface area contributed by atoms with Gasteiger partial charge in [0.25, 0.3) is 5.92 Å². The summed E-state index contributed by atoms with van der Waals surface area (Å²) in [5, 5.41) is 12.5. The Kier molecular flexibility index (Phi) is 4.19. The molecule has 8 heteroatoms. The molecule has 0 atom stereocenters. The van der Waals surface area contributed by atoms with E-state index in [1.165, 1.54) is 0 Å². The molecule has 0 unspecified atom stereocenters. The van der Waals surface area contributed by atoms with Gasteiger partial charge in [-0.2, -0.15) is 5.10 Å². The maximum atomic E-state index is 13.1. The summed E-state index contributed by atoms with van der Waals surface area (Å²) < 4.78 is 29.8. The third kappa shape index (κ3) is 3.32. The van der Waals surface area contributed by atoms with Crippen LogP contribution in [0.5, 0.6) is 0 Å². The molecule has 1 aliphatic heterocycles. The molecule has 0 radical (unpaired) electrons. The lowest BCUT2D eigenvalue weighted by atomic mass is 10.1. The maximum absolute atomic E-state index is 13.1. The summed E-state index contributed by atoms with van der Waals surface area (Å²) in [7, 11) is 0. The Bertz CT molecular complexity index is 610. The van der Waals surface area contributed by atoms with Crippen LogP contribution in [-0.2, 0) is 13.1 Å². The SMILES string of the molecule is CCn1nccc1-c1cn(CCN2CCC(F)(F)CC2)nn1. The maximum Gasteiger partial charge on any atom is 0.250 e.